The Kier molecular flexibility index (Phi) is 7.09. The number of rotatable bonds is 7. The number of alkyl halides is 3. The molecular weight excluding hydrogens is 314 g/mol. The topological polar surface area (TPSA) is 21.3 Å². The van der Waals surface area contributed by atoms with Gasteiger partial charge in [-0.25, -0.2) is 0 Å². The largest absolute Gasteiger partial charge is 0.411 e. The third-order valence-corrected chi connectivity index (χ3v) is 3.21. The van der Waals surface area contributed by atoms with Gasteiger partial charge in [0.15, 0.2) is 0 Å². The Balaban J connectivity index is 2.44. The van der Waals surface area contributed by atoms with Gasteiger partial charge in [-0.3, -0.25) is 0 Å². The molecule has 1 rings (SSSR count). The minimum atomic E-state index is -4.29. The molecule has 0 saturated heterocycles. The first-order valence-electron chi connectivity index (χ1n) is 6.16. The van der Waals surface area contributed by atoms with Crippen molar-refractivity contribution in [2.24, 2.45) is 0 Å². The minimum absolute atomic E-state index is 0.0127. The number of nitrogens with one attached hydrogen (secondary N) is 1. The lowest BCUT2D eigenvalue weighted by atomic mass is 10.0. The van der Waals surface area contributed by atoms with Gasteiger partial charge in [0.25, 0.3) is 0 Å². The summed E-state index contributed by atoms with van der Waals surface area (Å²) in [5.74, 6) is 0. The van der Waals surface area contributed by atoms with Gasteiger partial charge in [-0.1, -0.05) is 36.2 Å². The maximum absolute atomic E-state index is 11.9. The van der Waals surface area contributed by atoms with E-state index in [1.807, 2.05) is 13.0 Å². The molecule has 0 saturated carbocycles. The second-order valence-corrected chi connectivity index (χ2v) is 5.09. The number of benzene rings is 1. The Morgan fingerprint density at radius 1 is 1.30 bits per heavy atom. The van der Waals surface area contributed by atoms with E-state index in [1.54, 1.807) is 12.1 Å². The van der Waals surface area contributed by atoms with Crippen molar-refractivity contribution in [1.82, 2.24) is 5.32 Å². The molecule has 1 unspecified atom stereocenters. The van der Waals surface area contributed by atoms with Crippen LogP contribution in [0.15, 0.2) is 18.2 Å². The SMILES string of the molecule is CCC(NCCOCC(F)(F)F)c1ccc(Cl)cc1Cl. The summed E-state index contributed by atoms with van der Waals surface area (Å²) in [6.07, 6.45) is -3.54. The molecule has 0 aromatic heterocycles. The summed E-state index contributed by atoms with van der Waals surface area (Å²) in [7, 11) is 0. The van der Waals surface area contributed by atoms with Crippen LogP contribution in [0.5, 0.6) is 0 Å². The van der Waals surface area contributed by atoms with Gasteiger partial charge in [-0.05, 0) is 24.1 Å². The van der Waals surface area contributed by atoms with E-state index in [0.29, 0.717) is 16.6 Å². The first-order chi connectivity index (χ1) is 9.33. The molecule has 20 heavy (non-hydrogen) atoms. The fourth-order valence-corrected chi connectivity index (χ4v) is 2.29. The average Bonchev–Trinajstić information content (AvgIpc) is 2.33. The monoisotopic (exact) mass is 329 g/mol. The van der Waals surface area contributed by atoms with Crippen molar-refractivity contribution in [1.29, 1.82) is 0 Å². The molecular formula is C13H16Cl2F3NO. The van der Waals surface area contributed by atoms with Crippen LogP contribution in [-0.2, 0) is 4.74 Å². The Morgan fingerprint density at radius 2 is 2.00 bits per heavy atom. The molecule has 0 amide bonds. The van der Waals surface area contributed by atoms with Crippen LogP contribution in [0.25, 0.3) is 0 Å². The van der Waals surface area contributed by atoms with Gasteiger partial charge in [0.05, 0.1) is 6.61 Å². The van der Waals surface area contributed by atoms with Gasteiger partial charge in [0, 0.05) is 22.6 Å². The summed E-state index contributed by atoms with van der Waals surface area (Å²) in [5.41, 5.74) is 0.870. The van der Waals surface area contributed by atoms with Crippen LogP contribution in [0, 0.1) is 0 Å². The predicted octanol–water partition coefficient (Wildman–Crippen LogP) is 4.61. The zero-order chi connectivity index (χ0) is 15.2. The molecule has 1 aromatic rings. The third kappa shape index (κ3) is 6.31. The second-order valence-electron chi connectivity index (χ2n) is 4.25. The van der Waals surface area contributed by atoms with Gasteiger partial charge in [0.2, 0.25) is 0 Å². The van der Waals surface area contributed by atoms with E-state index < -0.39 is 12.8 Å². The maximum atomic E-state index is 11.9. The van der Waals surface area contributed by atoms with Crippen LogP contribution in [0.3, 0.4) is 0 Å². The fraction of sp³-hybridized carbons (Fsp3) is 0.538. The summed E-state index contributed by atoms with van der Waals surface area (Å²) in [6, 6.07) is 5.13. The van der Waals surface area contributed by atoms with Gasteiger partial charge in [-0.2, -0.15) is 13.2 Å². The Hall–Kier alpha value is -0.490. The summed E-state index contributed by atoms with van der Waals surface area (Å²) >= 11 is 11.9. The standard InChI is InChI=1S/C13H16Cl2F3NO/c1-2-12(10-4-3-9(14)7-11(10)15)19-5-6-20-8-13(16,17)18/h3-4,7,12,19H,2,5-6,8H2,1H3. The lowest BCUT2D eigenvalue weighted by molar-refractivity contribution is -0.173. The summed E-state index contributed by atoms with van der Waals surface area (Å²) in [4.78, 5) is 0. The minimum Gasteiger partial charge on any atom is -0.371 e. The highest BCUT2D eigenvalue weighted by atomic mass is 35.5. The van der Waals surface area contributed by atoms with Crippen LogP contribution in [-0.4, -0.2) is 25.9 Å². The normalized spacial score (nSPS) is 13.5. The molecule has 2 nitrogen and oxygen atoms in total. The Bertz CT molecular complexity index is 427. The number of halogens is 5. The van der Waals surface area contributed by atoms with Crippen LogP contribution in [0.2, 0.25) is 10.0 Å². The van der Waals surface area contributed by atoms with Crippen LogP contribution < -0.4 is 5.32 Å². The highest BCUT2D eigenvalue weighted by molar-refractivity contribution is 6.35. The second kappa shape index (κ2) is 8.08. The van der Waals surface area contributed by atoms with Gasteiger partial charge < -0.3 is 10.1 Å². The molecule has 114 valence electrons. The molecule has 0 bridgehead atoms. The molecule has 7 heteroatoms. The first-order valence-corrected chi connectivity index (χ1v) is 6.92. The average molecular weight is 330 g/mol. The van der Waals surface area contributed by atoms with Gasteiger partial charge in [-0.15, -0.1) is 0 Å². The Labute approximate surface area is 126 Å². The van der Waals surface area contributed by atoms with E-state index in [1.165, 1.54) is 0 Å². The van der Waals surface area contributed by atoms with E-state index in [4.69, 9.17) is 23.2 Å². The van der Waals surface area contributed by atoms with Crippen molar-refractivity contribution in [3.05, 3.63) is 33.8 Å². The van der Waals surface area contributed by atoms with E-state index >= 15 is 0 Å². The van der Waals surface area contributed by atoms with Crippen molar-refractivity contribution < 1.29 is 17.9 Å². The number of hydrogen-bond acceptors (Lipinski definition) is 2. The molecule has 1 atom stereocenters. The van der Waals surface area contributed by atoms with Crippen molar-refractivity contribution >= 4 is 23.2 Å². The first kappa shape index (κ1) is 17.6. The smallest absolute Gasteiger partial charge is 0.371 e. The van der Waals surface area contributed by atoms with E-state index in [0.717, 1.165) is 12.0 Å². The van der Waals surface area contributed by atoms with E-state index in [2.05, 4.69) is 10.1 Å². The predicted molar refractivity (Wildman–Crippen MR) is 74.4 cm³/mol. The van der Waals surface area contributed by atoms with Crippen LogP contribution in [0.1, 0.15) is 24.9 Å². The van der Waals surface area contributed by atoms with Crippen molar-refractivity contribution in [2.45, 2.75) is 25.6 Å². The quantitative estimate of drug-likeness (QED) is 0.737. The number of hydrogen-bond donors (Lipinski definition) is 1. The summed E-state index contributed by atoms with van der Waals surface area (Å²) in [6.45, 7) is 1.03. The molecule has 0 radical (unpaired) electrons. The van der Waals surface area contributed by atoms with E-state index in [-0.39, 0.29) is 12.6 Å². The summed E-state index contributed by atoms with van der Waals surface area (Å²) < 4.78 is 40.2. The molecule has 0 aliphatic rings. The molecule has 0 aliphatic carbocycles. The van der Waals surface area contributed by atoms with Gasteiger partial charge in [0.1, 0.15) is 6.61 Å². The summed E-state index contributed by atoms with van der Waals surface area (Å²) in [5, 5.41) is 4.19. The molecule has 1 N–H and O–H groups in total. The molecule has 1 aromatic carbocycles. The zero-order valence-corrected chi connectivity index (χ0v) is 12.4. The molecule has 0 aliphatic heterocycles. The molecule has 0 heterocycles. The zero-order valence-electron chi connectivity index (χ0n) is 10.9. The maximum Gasteiger partial charge on any atom is 0.411 e. The molecule has 0 fully saturated rings. The lowest BCUT2D eigenvalue weighted by Crippen LogP contribution is -2.27. The van der Waals surface area contributed by atoms with Gasteiger partial charge >= 0.3 is 6.18 Å². The van der Waals surface area contributed by atoms with Crippen molar-refractivity contribution in [2.75, 3.05) is 19.8 Å². The Morgan fingerprint density at radius 3 is 2.55 bits per heavy atom. The van der Waals surface area contributed by atoms with Crippen LogP contribution >= 0.6 is 23.2 Å². The van der Waals surface area contributed by atoms with Crippen LogP contribution in [0.4, 0.5) is 13.2 Å². The van der Waals surface area contributed by atoms with Crippen molar-refractivity contribution in [3.8, 4) is 0 Å². The molecule has 0 spiro atoms. The lowest BCUT2D eigenvalue weighted by Gasteiger charge is -2.19. The highest BCUT2D eigenvalue weighted by Gasteiger charge is 2.27. The van der Waals surface area contributed by atoms with E-state index in [9.17, 15) is 13.2 Å². The fourth-order valence-electron chi connectivity index (χ4n) is 1.75. The van der Waals surface area contributed by atoms with Crippen molar-refractivity contribution in [3.63, 3.8) is 0 Å². The number of ether oxygens (including phenoxy) is 1. The third-order valence-electron chi connectivity index (χ3n) is 2.65. The highest BCUT2D eigenvalue weighted by Crippen LogP contribution is 2.27.